The number of hydrogen-bond donors (Lipinski definition) is 0. The van der Waals surface area contributed by atoms with Gasteiger partial charge >= 0.3 is 5.69 Å². The normalized spacial score (nSPS) is 10.8. The van der Waals surface area contributed by atoms with Crippen molar-refractivity contribution in [1.82, 2.24) is 9.13 Å². The topological polar surface area (TPSA) is 26.9 Å². The van der Waals surface area contributed by atoms with Gasteiger partial charge in [0.15, 0.2) is 0 Å². The summed E-state index contributed by atoms with van der Waals surface area (Å²) in [6, 6.07) is 4.73. The van der Waals surface area contributed by atoms with Crippen molar-refractivity contribution in [2.24, 2.45) is 0 Å². The molecule has 0 spiro atoms. The van der Waals surface area contributed by atoms with Crippen LogP contribution in [0.4, 0.5) is 4.39 Å². The molecule has 0 aliphatic heterocycles. The average molecular weight is 313 g/mol. The molecule has 0 fully saturated rings. The van der Waals surface area contributed by atoms with Gasteiger partial charge in [-0.05, 0) is 24.6 Å². The van der Waals surface area contributed by atoms with Gasteiger partial charge in [0.05, 0.1) is 6.54 Å². The molecule has 3 nitrogen and oxygen atoms in total. The van der Waals surface area contributed by atoms with Gasteiger partial charge in [-0.15, -0.1) is 0 Å². The lowest BCUT2D eigenvalue weighted by atomic mass is 10.2. The Labute approximate surface area is 113 Å². The summed E-state index contributed by atoms with van der Waals surface area (Å²) in [5.41, 5.74) is 0.400. The molecule has 0 unspecified atom stereocenters. The third-order valence-corrected chi connectivity index (χ3v) is 3.22. The highest BCUT2D eigenvalue weighted by Gasteiger charge is 2.07. The monoisotopic (exact) mass is 312 g/mol. The van der Waals surface area contributed by atoms with Gasteiger partial charge in [0.2, 0.25) is 0 Å². The Bertz CT molecular complexity index is 603. The summed E-state index contributed by atoms with van der Waals surface area (Å²) in [5.74, 6) is -0.298. The van der Waals surface area contributed by atoms with E-state index in [0.717, 1.165) is 10.9 Å². The number of hydrogen-bond acceptors (Lipinski definition) is 1. The van der Waals surface area contributed by atoms with Gasteiger partial charge in [-0.2, -0.15) is 0 Å². The molecular weight excluding hydrogens is 299 g/mol. The second-order valence-electron chi connectivity index (χ2n) is 4.14. The van der Waals surface area contributed by atoms with Crippen LogP contribution >= 0.6 is 15.9 Å². The Hall–Kier alpha value is -1.36. The van der Waals surface area contributed by atoms with Crippen LogP contribution in [-0.2, 0) is 13.1 Å². The fraction of sp³-hybridized carbons (Fsp3) is 0.308. The maximum absolute atomic E-state index is 13.6. The highest BCUT2D eigenvalue weighted by molar-refractivity contribution is 9.10. The summed E-state index contributed by atoms with van der Waals surface area (Å²) in [6.45, 7) is 2.95. The minimum absolute atomic E-state index is 0.101. The van der Waals surface area contributed by atoms with E-state index >= 15 is 0 Å². The van der Waals surface area contributed by atoms with E-state index in [0.29, 0.717) is 12.1 Å². The lowest BCUT2D eigenvalue weighted by Gasteiger charge is -2.04. The molecule has 0 amide bonds. The summed E-state index contributed by atoms with van der Waals surface area (Å²) >= 11 is 3.30. The van der Waals surface area contributed by atoms with E-state index in [1.807, 2.05) is 6.92 Å². The van der Waals surface area contributed by atoms with Crippen molar-refractivity contribution in [1.29, 1.82) is 0 Å². The van der Waals surface area contributed by atoms with Gasteiger partial charge < -0.3 is 0 Å². The molecule has 0 bridgehead atoms. The molecule has 0 aliphatic rings. The second kappa shape index (κ2) is 5.52. The second-order valence-corrected chi connectivity index (χ2v) is 5.05. The van der Waals surface area contributed by atoms with Gasteiger partial charge in [0, 0.05) is 29.0 Å². The molecule has 96 valence electrons. The zero-order valence-corrected chi connectivity index (χ0v) is 11.7. The Morgan fingerprint density at radius 3 is 2.72 bits per heavy atom. The number of halogens is 2. The van der Waals surface area contributed by atoms with E-state index < -0.39 is 0 Å². The number of rotatable bonds is 4. The van der Waals surface area contributed by atoms with Gasteiger partial charge in [0.25, 0.3) is 0 Å². The van der Waals surface area contributed by atoms with E-state index in [4.69, 9.17) is 0 Å². The first-order valence-electron chi connectivity index (χ1n) is 5.81. The zero-order chi connectivity index (χ0) is 13.1. The van der Waals surface area contributed by atoms with E-state index in [-0.39, 0.29) is 18.1 Å². The molecule has 0 atom stereocenters. The quantitative estimate of drug-likeness (QED) is 0.852. The Morgan fingerprint density at radius 1 is 1.28 bits per heavy atom. The van der Waals surface area contributed by atoms with Crippen LogP contribution in [0.25, 0.3) is 0 Å². The van der Waals surface area contributed by atoms with Gasteiger partial charge in [0.1, 0.15) is 5.82 Å². The lowest BCUT2D eigenvalue weighted by Crippen LogP contribution is -2.24. The van der Waals surface area contributed by atoms with Crippen LogP contribution < -0.4 is 5.69 Å². The van der Waals surface area contributed by atoms with Crippen molar-refractivity contribution in [3.63, 3.8) is 0 Å². The number of nitrogens with zero attached hydrogens (tertiary/aromatic N) is 2. The van der Waals surface area contributed by atoms with Crippen LogP contribution in [0.5, 0.6) is 0 Å². The number of imidazole rings is 1. The van der Waals surface area contributed by atoms with Crippen molar-refractivity contribution in [2.45, 2.75) is 26.4 Å². The summed E-state index contributed by atoms with van der Waals surface area (Å²) in [6.07, 6.45) is 4.33. The highest BCUT2D eigenvalue weighted by atomic mass is 79.9. The summed E-state index contributed by atoms with van der Waals surface area (Å²) < 4.78 is 17.6. The number of benzene rings is 1. The number of aromatic nitrogens is 2. The minimum atomic E-state index is -0.298. The van der Waals surface area contributed by atoms with Gasteiger partial charge in [-0.1, -0.05) is 22.9 Å². The van der Waals surface area contributed by atoms with Crippen LogP contribution in [0.1, 0.15) is 18.9 Å². The molecular formula is C13H14BrFN2O. The maximum Gasteiger partial charge on any atom is 0.328 e. The third-order valence-electron chi connectivity index (χ3n) is 2.73. The molecule has 1 heterocycles. The van der Waals surface area contributed by atoms with Crippen LogP contribution in [0, 0.1) is 5.82 Å². The molecule has 5 heteroatoms. The molecule has 0 saturated heterocycles. The Balaban J connectivity index is 2.29. The molecule has 0 N–H and O–H groups in total. The molecule has 0 radical (unpaired) electrons. The highest BCUT2D eigenvalue weighted by Crippen LogP contribution is 2.16. The van der Waals surface area contributed by atoms with E-state index in [9.17, 15) is 9.18 Å². The fourth-order valence-electron chi connectivity index (χ4n) is 1.83. The van der Waals surface area contributed by atoms with Crippen molar-refractivity contribution in [3.05, 3.63) is 56.9 Å². The van der Waals surface area contributed by atoms with E-state index in [1.165, 1.54) is 10.6 Å². The first kappa shape index (κ1) is 13.1. The van der Waals surface area contributed by atoms with E-state index in [2.05, 4.69) is 15.9 Å². The SMILES string of the molecule is CCCn1ccn(Cc2cc(Br)ccc2F)c1=O. The standard InChI is InChI=1S/C13H14BrFN2O/c1-2-5-16-6-7-17(13(16)18)9-10-8-11(14)3-4-12(10)15/h3-4,6-8H,2,5,9H2,1H3. The maximum atomic E-state index is 13.6. The third kappa shape index (κ3) is 2.72. The van der Waals surface area contributed by atoms with Crippen LogP contribution in [0.15, 0.2) is 39.9 Å². The fourth-order valence-corrected chi connectivity index (χ4v) is 2.24. The predicted octanol–water partition coefficient (Wildman–Crippen LogP) is 3.01. The molecule has 18 heavy (non-hydrogen) atoms. The molecule has 0 saturated carbocycles. The van der Waals surface area contributed by atoms with Crippen molar-refractivity contribution >= 4 is 15.9 Å². The molecule has 2 aromatic rings. The van der Waals surface area contributed by atoms with Gasteiger partial charge in [-0.25, -0.2) is 9.18 Å². The van der Waals surface area contributed by atoms with Crippen molar-refractivity contribution in [2.75, 3.05) is 0 Å². The van der Waals surface area contributed by atoms with Crippen LogP contribution in [-0.4, -0.2) is 9.13 Å². The molecule has 0 aliphatic carbocycles. The first-order valence-corrected chi connectivity index (χ1v) is 6.60. The van der Waals surface area contributed by atoms with Crippen LogP contribution in [0.3, 0.4) is 0 Å². The Morgan fingerprint density at radius 2 is 2.00 bits per heavy atom. The molecule has 1 aromatic heterocycles. The summed E-state index contributed by atoms with van der Waals surface area (Å²) in [7, 11) is 0. The average Bonchev–Trinajstić information content (AvgIpc) is 2.67. The Kier molecular flexibility index (Phi) is 4.01. The summed E-state index contributed by atoms with van der Waals surface area (Å²) in [4.78, 5) is 12.0. The van der Waals surface area contributed by atoms with Crippen LogP contribution in [0.2, 0.25) is 0 Å². The number of aryl methyl sites for hydroxylation is 1. The molecule has 1 aromatic carbocycles. The smallest absolute Gasteiger partial charge is 0.299 e. The largest absolute Gasteiger partial charge is 0.328 e. The first-order chi connectivity index (χ1) is 8.61. The lowest BCUT2D eigenvalue weighted by molar-refractivity contribution is 0.585. The summed E-state index contributed by atoms with van der Waals surface area (Å²) in [5, 5.41) is 0. The predicted molar refractivity (Wildman–Crippen MR) is 72.2 cm³/mol. The van der Waals surface area contributed by atoms with Gasteiger partial charge in [-0.3, -0.25) is 9.13 Å². The molecule has 2 rings (SSSR count). The minimum Gasteiger partial charge on any atom is -0.299 e. The zero-order valence-electron chi connectivity index (χ0n) is 10.1. The van der Waals surface area contributed by atoms with E-state index in [1.54, 1.807) is 29.1 Å². The van der Waals surface area contributed by atoms with Crippen molar-refractivity contribution in [3.8, 4) is 0 Å². The van der Waals surface area contributed by atoms with Crippen molar-refractivity contribution < 1.29 is 4.39 Å².